The Morgan fingerprint density at radius 1 is 1.50 bits per heavy atom. The number of hydrogen-bond donors (Lipinski definition) is 2. The van der Waals surface area contributed by atoms with E-state index in [1.54, 1.807) is 12.3 Å². The normalized spacial score (nSPS) is 11.4. The van der Waals surface area contributed by atoms with Crippen LogP contribution in [0.4, 0.5) is 5.82 Å². The summed E-state index contributed by atoms with van der Waals surface area (Å²) in [5.41, 5.74) is 0.920. The van der Waals surface area contributed by atoms with Crippen molar-refractivity contribution in [2.75, 3.05) is 11.3 Å². The predicted molar refractivity (Wildman–Crippen MR) is 67.5 cm³/mol. The van der Waals surface area contributed by atoms with Gasteiger partial charge in [-0.25, -0.2) is 4.98 Å². The molecule has 1 heterocycles. The number of aromatic nitrogens is 1. The molecule has 1 aromatic rings. The first-order chi connectivity index (χ1) is 7.44. The van der Waals surface area contributed by atoms with Crippen molar-refractivity contribution in [1.82, 2.24) is 9.71 Å². The van der Waals surface area contributed by atoms with E-state index in [2.05, 4.69) is 30.4 Å². The Bertz CT molecular complexity index is 462. The minimum Gasteiger partial charge on any atom is -0.255 e. The molecule has 0 aliphatic heterocycles. The minimum absolute atomic E-state index is 0.310. The van der Waals surface area contributed by atoms with Crippen LogP contribution >= 0.6 is 15.9 Å². The number of rotatable bonds is 5. The topological polar surface area (TPSA) is 71.1 Å². The molecular formula is C9H14BrN3O2S. The van der Waals surface area contributed by atoms with Gasteiger partial charge in [-0.05, 0) is 40.9 Å². The van der Waals surface area contributed by atoms with E-state index in [0.717, 1.165) is 16.5 Å². The molecule has 1 rings (SSSR count). The van der Waals surface area contributed by atoms with E-state index in [4.69, 9.17) is 0 Å². The Kier molecular flexibility index (Phi) is 4.69. The smallest absolute Gasteiger partial charge is 0.255 e. The third-order valence-electron chi connectivity index (χ3n) is 1.83. The second-order valence-electron chi connectivity index (χ2n) is 3.32. The molecule has 0 aliphatic carbocycles. The van der Waals surface area contributed by atoms with Gasteiger partial charge in [-0.3, -0.25) is 4.72 Å². The standard InChI is InChI=1S/C9H14BrN3O2S/c1-3-4-12-16(14,15)13-9-5-7(2)8(10)6-11-9/h5-6,12H,3-4H2,1-2H3,(H,11,13). The average molecular weight is 308 g/mol. The highest BCUT2D eigenvalue weighted by Gasteiger charge is 2.09. The van der Waals surface area contributed by atoms with Crippen LogP contribution in [0.2, 0.25) is 0 Å². The highest BCUT2D eigenvalue weighted by atomic mass is 79.9. The van der Waals surface area contributed by atoms with Gasteiger partial charge in [-0.1, -0.05) is 6.92 Å². The highest BCUT2D eigenvalue weighted by molar-refractivity contribution is 9.10. The molecule has 16 heavy (non-hydrogen) atoms. The lowest BCUT2D eigenvalue weighted by Crippen LogP contribution is -2.30. The summed E-state index contributed by atoms with van der Waals surface area (Å²) in [6.45, 7) is 4.17. The van der Waals surface area contributed by atoms with Crippen molar-refractivity contribution in [2.24, 2.45) is 0 Å². The van der Waals surface area contributed by atoms with Crippen molar-refractivity contribution in [3.8, 4) is 0 Å². The number of halogens is 1. The van der Waals surface area contributed by atoms with Crippen LogP contribution in [0, 0.1) is 6.92 Å². The van der Waals surface area contributed by atoms with E-state index in [9.17, 15) is 8.42 Å². The molecule has 90 valence electrons. The van der Waals surface area contributed by atoms with Crippen LogP contribution in [0.1, 0.15) is 18.9 Å². The molecule has 0 saturated carbocycles. The van der Waals surface area contributed by atoms with E-state index in [-0.39, 0.29) is 0 Å². The number of pyridine rings is 1. The zero-order chi connectivity index (χ0) is 12.2. The monoisotopic (exact) mass is 307 g/mol. The van der Waals surface area contributed by atoms with Crippen LogP contribution in [0.15, 0.2) is 16.7 Å². The first kappa shape index (κ1) is 13.4. The first-order valence-electron chi connectivity index (χ1n) is 4.84. The Hall–Kier alpha value is -0.660. The predicted octanol–water partition coefficient (Wildman–Crippen LogP) is 1.81. The molecule has 2 N–H and O–H groups in total. The average Bonchev–Trinajstić information content (AvgIpc) is 2.20. The van der Waals surface area contributed by atoms with E-state index in [1.165, 1.54) is 0 Å². The fourth-order valence-electron chi connectivity index (χ4n) is 1.01. The number of anilines is 1. The van der Waals surface area contributed by atoms with Crippen LogP contribution in [0.5, 0.6) is 0 Å². The number of hydrogen-bond acceptors (Lipinski definition) is 3. The number of nitrogens with one attached hydrogen (secondary N) is 2. The van der Waals surface area contributed by atoms with Gasteiger partial charge in [-0.2, -0.15) is 13.1 Å². The van der Waals surface area contributed by atoms with Gasteiger partial charge in [0.15, 0.2) is 0 Å². The molecule has 0 amide bonds. The molecule has 0 aliphatic rings. The molecule has 7 heteroatoms. The summed E-state index contributed by atoms with van der Waals surface area (Å²) in [5.74, 6) is 0.310. The van der Waals surface area contributed by atoms with Crippen molar-refractivity contribution in [3.05, 3.63) is 22.3 Å². The number of aryl methyl sites for hydroxylation is 1. The molecule has 0 saturated heterocycles. The molecule has 0 fully saturated rings. The lowest BCUT2D eigenvalue weighted by Gasteiger charge is -2.08. The molecule has 0 radical (unpaired) electrons. The maximum Gasteiger partial charge on any atom is 0.300 e. The van der Waals surface area contributed by atoms with Gasteiger partial charge < -0.3 is 0 Å². The van der Waals surface area contributed by atoms with Crippen molar-refractivity contribution < 1.29 is 8.42 Å². The van der Waals surface area contributed by atoms with Crippen LogP contribution in [-0.4, -0.2) is 19.9 Å². The summed E-state index contributed by atoms with van der Waals surface area (Å²) in [5, 5.41) is 0. The van der Waals surface area contributed by atoms with Gasteiger partial charge in [0.05, 0.1) is 0 Å². The molecule has 1 aromatic heterocycles. The van der Waals surface area contributed by atoms with Crippen LogP contribution in [-0.2, 0) is 10.2 Å². The zero-order valence-electron chi connectivity index (χ0n) is 9.12. The van der Waals surface area contributed by atoms with Crippen LogP contribution in [0.25, 0.3) is 0 Å². The molecule has 0 atom stereocenters. The summed E-state index contributed by atoms with van der Waals surface area (Å²) < 4.78 is 28.6. The lowest BCUT2D eigenvalue weighted by atomic mass is 10.3. The van der Waals surface area contributed by atoms with Gasteiger partial charge in [0, 0.05) is 17.2 Å². The molecule has 0 aromatic carbocycles. The Labute approximate surface area is 104 Å². The summed E-state index contributed by atoms with van der Waals surface area (Å²) in [6.07, 6.45) is 2.31. The largest absolute Gasteiger partial charge is 0.300 e. The van der Waals surface area contributed by atoms with E-state index < -0.39 is 10.2 Å². The summed E-state index contributed by atoms with van der Waals surface area (Å²) >= 11 is 3.30. The first-order valence-corrected chi connectivity index (χ1v) is 7.12. The van der Waals surface area contributed by atoms with E-state index in [0.29, 0.717) is 12.4 Å². The van der Waals surface area contributed by atoms with Gasteiger partial charge >= 0.3 is 0 Å². The van der Waals surface area contributed by atoms with Crippen LogP contribution < -0.4 is 9.44 Å². The SMILES string of the molecule is CCCNS(=O)(=O)Nc1cc(C)c(Br)cn1. The van der Waals surface area contributed by atoms with Crippen molar-refractivity contribution in [2.45, 2.75) is 20.3 Å². The van der Waals surface area contributed by atoms with Gasteiger partial charge in [-0.15, -0.1) is 0 Å². The second-order valence-corrected chi connectivity index (χ2v) is 5.67. The summed E-state index contributed by atoms with van der Waals surface area (Å²) in [7, 11) is -3.50. The minimum atomic E-state index is -3.50. The second kappa shape index (κ2) is 5.60. The van der Waals surface area contributed by atoms with E-state index >= 15 is 0 Å². The van der Waals surface area contributed by atoms with Crippen molar-refractivity contribution in [3.63, 3.8) is 0 Å². The number of nitrogens with zero attached hydrogens (tertiary/aromatic N) is 1. The van der Waals surface area contributed by atoms with Gasteiger partial charge in [0.2, 0.25) is 0 Å². The maximum atomic E-state index is 11.5. The van der Waals surface area contributed by atoms with Gasteiger partial charge in [0.25, 0.3) is 10.2 Å². The highest BCUT2D eigenvalue weighted by Crippen LogP contribution is 2.17. The molecule has 0 unspecified atom stereocenters. The van der Waals surface area contributed by atoms with Crippen molar-refractivity contribution >= 4 is 32.0 Å². The lowest BCUT2D eigenvalue weighted by molar-refractivity contribution is 0.586. The maximum absolute atomic E-state index is 11.5. The molecule has 0 spiro atoms. The Morgan fingerprint density at radius 3 is 2.75 bits per heavy atom. The van der Waals surface area contributed by atoms with E-state index in [1.807, 2.05) is 13.8 Å². The molecule has 5 nitrogen and oxygen atoms in total. The molecular weight excluding hydrogens is 294 g/mol. The van der Waals surface area contributed by atoms with Crippen LogP contribution in [0.3, 0.4) is 0 Å². The third-order valence-corrected chi connectivity index (χ3v) is 3.72. The third kappa shape index (κ3) is 4.07. The fourth-order valence-corrected chi connectivity index (χ4v) is 2.15. The van der Waals surface area contributed by atoms with Gasteiger partial charge in [0.1, 0.15) is 5.82 Å². The zero-order valence-corrected chi connectivity index (χ0v) is 11.5. The Morgan fingerprint density at radius 2 is 2.19 bits per heavy atom. The Balaban J connectivity index is 2.76. The summed E-state index contributed by atoms with van der Waals surface area (Å²) in [4.78, 5) is 3.96. The van der Waals surface area contributed by atoms with Crippen molar-refractivity contribution in [1.29, 1.82) is 0 Å². The quantitative estimate of drug-likeness (QED) is 0.871. The summed E-state index contributed by atoms with van der Waals surface area (Å²) in [6, 6.07) is 1.66. The molecule has 0 bridgehead atoms. The fraction of sp³-hybridized carbons (Fsp3) is 0.444.